The minimum Gasteiger partial charge on any atom is -0.283 e. The fraction of sp³-hybridized carbons (Fsp3) is 0.409. The lowest BCUT2D eigenvalue weighted by Gasteiger charge is -2.27. The number of aromatic nitrogens is 2. The van der Waals surface area contributed by atoms with Gasteiger partial charge in [0.1, 0.15) is 5.82 Å². The van der Waals surface area contributed by atoms with Crippen LogP contribution >= 0.6 is 11.3 Å². The average Bonchev–Trinajstić information content (AvgIpc) is 3.15. The molecule has 6 heteroatoms. The van der Waals surface area contributed by atoms with E-state index in [-0.39, 0.29) is 17.6 Å². The number of carbonyl (C=O) groups excluding carboxylic acids is 1. The van der Waals surface area contributed by atoms with Gasteiger partial charge in [-0.1, -0.05) is 43.6 Å². The summed E-state index contributed by atoms with van der Waals surface area (Å²) >= 11 is 1.53. The van der Waals surface area contributed by atoms with Gasteiger partial charge < -0.3 is 0 Å². The molecule has 3 aromatic rings. The number of hydrogen-bond acceptors (Lipinski definition) is 4. The molecule has 2 aromatic heterocycles. The zero-order chi connectivity index (χ0) is 19.5. The second-order valence-electron chi connectivity index (χ2n) is 7.42. The van der Waals surface area contributed by atoms with Crippen molar-refractivity contribution < 1.29 is 9.18 Å². The predicted octanol–water partition coefficient (Wildman–Crippen LogP) is 5.51. The lowest BCUT2D eigenvalue weighted by Crippen LogP contribution is -2.36. The summed E-state index contributed by atoms with van der Waals surface area (Å²) in [4.78, 5) is 23.8. The maximum absolute atomic E-state index is 13.6. The Morgan fingerprint density at radius 2 is 2.00 bits per heavy atom. The van der Waals surface area contributed by atoms with Crippen LogP contribution in [0.15, 0.2) is 36.7 Å². The van der Waals surface area contributed by atoms with Crippen LogP contribution in [-0.2, 0) is 17.8 Å². The standard InChI is InChI=1S/C22H24FN3OS/c1-2-15-8-9-19-20(11-15)28-22(25-19)26(14-16-10-18(23)13-24-12-16)21(27)17-6-4-3-5-7-17/h8-13,17H,2-7,14H2,1H3. The summed E-state index contributed by atoms with van der Waals surface area (Å²) in [5.41, 5.74) is 2.83. The molecule has 0 atom stereocenters. The Morgan fingerprint density at radius 3 is 2.75 bits per heavy atom. The number of nitrogens with zero attached hydrogens (tertiary/aromatic N) is 3. The first-order chi connectivity index (χ1) is 13.6. The fourth-order valence-electron chi connectivity index (χ4n) is 3.83. The summed E-state index contributed by atoms with van der Waals surface area (Å²) in [6, 6.07) is 7.68. The van der Waals surface area contributed by atoms with Crippen molar-refractivity contribution in [3.63, 3.8) is 0 Å². The van der Waals surface area contributed by atoms with Crippen molar-refractivity contribution in [2.45, 2.75) is 52.0 Å². The molecule has 1 saturated carbocycles. The summed E-state index contributed by atoms with van der Waals surface area (Å²) in [7, 11) is 0. The van der Waals surface area contributed by atoms with Crippen molar-refractivity contribution in [1.82, 2.24) is 9.97 Å². The second kappa shape index (κ2) is 8.35. The first-order valence-corrected chi connectivity index (χ1v) is 10.8. The van der Waals surface area contributed by atoms with Crippen LogP contribution in [0.4, 0.5) is 9.52 Å². The number of benzene rings is 1. The zero-order valence-corrected chi connectivity index (χ0v) is 16.8. The monoisotopic (exact) mass is 397 g/mol. The summed E-state index contributed by atoms with van der Waals surface area (Å²) in [6.07, 6.45) is 8.97. The Balaban J connectivity index is 1.70. The molecule has 1 aromatic carbocycles. The van der Waals surface area contributed by atoms with Crippen molar-refractivity contribution in [2.24, 2.45) is 5.92 Å². The van der Waals surface area contributed by atoms with E-state index >= 15 is 0 Å². The van der Waals surface area contributed by atoms with E-state index in [1.165, 1.54) is 35.6 Å². The third-order valence-electron chi connectivity index (χ3n) is 5.40. The van der Waals surface area contributed by atoms with Crippen LogP contribution in [0, 0.1) is 11.7 Å². The number of carbonyl (C=O) groups is 1. The van der Waals surface area contributed by atoms with Gasteiger partial charge in [0.2, 0.25) is 5.91 Å². The molecular formula is C22H24FN3OS. The summed E-state index contributed by atoms with van der Waals surface area (Å²) in [5.74, 6) is -0.272. The Hall–Kier alpha value is -2.34. The molecule has 0 spiro atoms. The highest BCUT2D eigenvalue weighted by Crippen LogP contribution is 2.34. The van der Waals surface area contributed by atoms with Gasteiger partial charge in [-0.15, -0.1) is 0 Å². The Kier molecular flexibility index (Phi) is 5.67. The van der Waals surface area contributed by atoms with Crippen LogP contribution in [0.5, 0.6) is 0 Å². The molecule has 0 saturated heterocycles. The Bertz CT molecular complexity index is 981. The average molecular weight is 398 g/mol. The van der Waals surface area contributed by atoms with Gasteiger partial charge in [0.05, 0.1) is 23.0 Å². The first-order valence-electron chi connectivity index (χ1n) is 9.94. The minimum atomic E-state index is -0.389. The molecule has 28 heavy (non-hydrogen) atoms. The van der Waals surface area contributed by atoms with Gasteiger partial charge in [0.25, 0.3) is 0 Å². The number of thiazole rings is 1. The van der Waals surface area contributed by atoms with E-state index < -0.39 is 0 Å². The number of fused-ring (bicyclic) bond motifs is 1. The summed E-state index contributed by atoms with van der Waals surface area (Å²) < 4.78 is 14.7. The van der Waals surface area contributed by atoms with Crippen molar-refractivity contribution in [1.29, 1.82) is 0 Å². The number of amides is 1. The minimum absolute atomic E-state index is 0.0217. The van der Waals surface area contributed by atoms with Crippen LogP contribution in [0.25, 0.3) is 10.2 Å². The van der Waals surface area contributed by atoms with Gasteiger partial charge in [-0.2, -0.15) is 0 Å². The fourth-order valence-corrected chi connectivity index (χ4v) is 4.86. The van der Waals surface area contributed by atoms with Crippen molar-refractivity contribution in [2.75, 3.05) is 4.90 Å². The number of aryl methyl sites for hydroxylation is 1. The first kappa shape index (κ1) is 19.0. The van der Waals surface area contributed by atoms with Crippen molar-refractivity contribution >= 4 is 32.6 Å². The van der Waals surface area contributed by atoms with E-state index in [0.717, 1.165) is 42.3 Å². The van der Waals surface area contributed by atoms with Gasteiger partial charge in [-0.05, 0) is 48.6 Å². The number of pyridine rings is 1. The molecule has 4 rings (SSSR count). The summed E-state index contributed by atoms with van der Waals surface area (Å²) in [5, 5.41) is 0.683. The topological polar surface area (TPSA) is 46.1 Å². The number of hydrogen-bond donors (Lipinski definition) is 0. The van der Waals surface area contributed by atoms with Crippen molar-refractivity contribution in [3.05, 3.63) is 53.6 Å². The molecule has 0 unspecified atom stereocenters. The maximum Gasteiger partial charge on any atom is 0.232 e. The molecule has 4 nitrogen and oxygen atoms in total. The molecule has 146 valence electrons. The van der Waals surface area contributed by atoms with Gasteiger partial charge in [-0.25, -0.2) is 9.37 Å². The highest BCUT2D eigenvalue weighted by Gasteiger charge is 2.29. The van der Waals surface area contributed by atoms with E-state index in [4.69, 9.17) is 4.98 Å². The molecule has 0 aliphatic heterocycles. The van der Waals surface area contributed by atoms with E-state index in [1.807, 2.05) is 6.07 Å². The van der Waals surface area contributed by atoms with Crippen LogP contribution in [0.1, 0.15) is 50.2 Å². The normalized spacial score (nSPS) is 15.1. The Labute approximate surface area is 168 Å². The molecule has 0 N–H and O–H groups in total. The lowest BCUT2D eigenvalue weighted by atomic mass is 9.88. The molecular weight excluding hydrogens is 373 g/mol. The smallest absolute Gasteiger partial charge is 0.232 e. The molecule has 1 amide bonds. The molecule has 1 aliphatic rings. The summed E-state index contributed by atoms with van der Waals surface area (Å²) in [6.45, 7) is 2.42. The van der Waals surface area contributed by atoms with Gasteiger partial charge in [0, 0.05) is 12.1 Å². The van der Waals surface area contributed by atoms with Crippen LogP contribution < -0.4 is 4.90 Å². The van der Waals surface area contributed by atoms with Crippen LogP contribution in [-0.4, -0.2) is 15.9 Å². The highest BCUT2D eigenvalue weighted by atomic mass is 32.1. The zero-order valence-electron chi connectivity index (χ0n) is 16.0. The largest absolute Gasteiger partial charge is 0.283 e. The number of anilines is 1. The third-order valence-corrected chi connectivity index (χ3v) is 6.44. The van der Waals surface area contributed by atoms with Gasteiger partial charge in [0.15, 0.2) is 5.13 Å². The number of halogens is 1. The van der Waals surface area contributed by atoms with Crippen LogP contribution in [0.3, 0.4) is 0 Å². The number of rotatable bonds is 5. The molecule has 2 heterocycles. The van der Waals surface area contributed by atoms with E-state index in [9.17, 15) is 9.18 Å². The quantitative estimate of drug-likeness (QED) is 0.570. The van der Waals surface area contributed by atoms with E-state index in [2.05, 4.69) is 24.0 Å². The van der Waals surface area contributed by atoms with Crippen LogP contribution in [0.2, 0.25) is 0 Å². The Morgan fingerprint density at radius 1 is 1.18 bits per heavy atom. The maximum atomic E-state index is 13.6. The van der Waals surface area contributed by atoms with Crippen molar-refractivity contribution in [3.8, 4) is 0 Å². The van der Waals surface area contributed by atoms with E-state index in [1.54, 1.807) is 11.1 Å². The molecule has 1 aliphatic carbocycles. The lowest BCUT2D eigenvalue weighted by molar-refractivity contribution is -0.123. The highest BCUT2D eigenvalue weighted by molar-refractivity contribution is 7.22. The van der Waals surface area contributed by atoms with Gasteiger partial charge >= 0.3 is 0 Å². The predicted molar refractivity (Wildman–Crippen MR) is 111 cm³/mol. The molecule has 0 bridgehead atoms. The SMILES string of the molecule is CCc1ccc2nc(N(Cc3cncc(F)c3)C(=O)C3CCCCC3)sc2c1. The van der Waals surface area contributed by atoms with E-state index in [0.29, 0.717) is 17.2 Å². The third kappa shape index (κ3) is 4.07. The van der Waals surface area contributed by atoms with Gasteiger partial charge in [-0.3, -0.25) is 14.7 Å². The molecule has 1 fully saturated rings. The second-order valence-corrected chi connectivity index (χ2v) is 8.43. The molecule has 0 radical (unpaired) electrons.